The molecule has 0 radical (unpaired) electrons. The van der Waals surface area contributed by atoms with Gasteiger partial charge in [-0.2, -0.15) is 0 Å². The zero-order valence-electron chi connectivity index (χ0n) is 12.6. The second-order valence-corrected chi connectivity index (χ2v) is 5.82. The third-order valence-corrected chi connectivity index (χ3v) is 3.50. The van der Waals surface area contributed by atoms with Gasteiger partial charge in [0.25, 0.3) is 5.91 Å². The minimum absolute atomic E-state index is 0.00335. The minimum atomic E-state index is -1.16. The summed E-state index contributed by atoms with van der Waals surface area (Å²) in [4.78, 5) is 23.2. The van der Waals surface area contributed by atoms with E-state index in [1.54, 1.807) is 6.92 Å². The van der Waals surface area contributed by atoms with Gasteiger partial charge in [0.1, 0.15) is 5.56 Å². The number of para-hydroxylation sites is 1. The summed E-state index contributed by atoms with van der Waals surface area (Å²) in [5.41, 5.74) is -0.429. The van der Waals surface area contributed by atoms with Crippen LogP contribution in [0.2, 0.25) is 5.02 Å². The summed E-state index contributed by atoms with van der Waals surface area (Å²) in [6.45, 7) is 7.31. The molecule has 2 N–H and O–H groups in total. The fourth-order valence-corrected chi connectivity index (χ4v) is 1.77. The van der Waals surface area contributed by atoms with Crippen LogP contribution < -0.4 is 10.1 Å². The van der Waals surface area contributed by atoms with Crippen LogP contribution in [0, 0.1) is 0 Å². The van der Waals surface area contributed by atoms with Crippen LogP contribution in [0.4, 0.5) is 0 Å². The van der Waals surface area contributed by atoms with Crippen molar-refractivity contribution in [2.24, 2.45) is 0 Å². The van der Waals surface area contributed by atoms with E-state index < -0.39 is 12.1 Å². The van der Waals surface area contributed by atoms with Crippen molar-refractivity contribution < 1.29 is 19.4 Å². The largest absolute Gasteiger partial charge is 0.478 e. The number of amides is 1. The van der Waals surface area contributed by atoms with Gasteiger partial charge in [0.15, 0.2) is 11.9 Å². The van der Waals surface area contributed by atoms with Crippen LogP contribution in [-0.2, 0) is 4.79 Å². The van der Waals surface area contributed by atoms with Gasteiger partial charge in [-0.05, 0) is 39.3 Å². The van der Waals surface area contributed by atoms with Crippen LogP contribution in [0.15, 0.2) is 18.2 Å². The third-order valence-electron chi connectivity index (χ3n) is 3.21. The Labute approximate surface area is 129 Å². The molecular formula is C15H20ClNO4. The summed E-state index contributed by atoms with van der Waals surface area (Å²) in [6, 6.07) is 4.41. The summed E-state index contributed by atoms with van der Waals surface area (Å²) in [7, 11) is 0. The van der Waals surface area contributed by atoms with Gasteiger partial charge in [0.2, 0.25) is 0 Å². The highest BCUT2D eigenvalue weighted by molar-refractivity contribution is 6.32. The Morgan fingerprint density at radius 3 is 2.57 bits per heavy atom. The fraction of sp³-hybridized carbons (Fsp3) is 0.467. The standard InChI is InChI=1S/C15H20ClNO4/c1-5-15(3,4)17-13(18)9(2)21-12-10(14(19)20)7-6-8-11(12)16/h6-9H,5H2,1-4H3,(H,17,18)(H,19,20). The molecular weight excluding hydrogens is 294 g/mol. The SMILES string of the molecule is CCC(C)(C)NC(=O)C(C)Oc1c(Cl)cccc1C(=O)O. The van der Waals surface area contributed by atoms with Gasteiger partial charge in [-0.3, -0.25) is 4.79 Å². The molecule has 1 aromatic carbocycles. The molecule has 0 saturated carbocycles. The molecule has 0 saturated heterocycles. The summed E-state index contributed by atoms with van der Waals surface area (Å²) >= 11 is 5.96. The van der Waals surface area contributed by atoms with Gasteiger partial charge in [-0.25, -0.2) is 4.79 Å². The number of ether oxygens (including phenoxy) is 1. The predicted molar refractivity (Wildman–Crippen MR) is 81.0 cm³/mol. The highest BCUT2D eigenvalue weighted by atomic mass is 35.5. The first-order valence-corrected chi connectivity index (χ1v) is 7.06. The van der Waals surface area contributed by atoms with Crippen LogP contribution in [0.25, 0.3) is 0 Å². The Kier molecular flexibility index (Phi) is 5.61. The first-order valence-electron chi connectivity index (χ1n) is 6.68. The molecule has 0 spiro atoms. The van der Waals surface area contributed by atoms with Gasteiger partial charge < -0.3 is 15.2 Å². The van der Waals surface area contributed by atoms with Crippen molar-refractivity contribution in [2.45, 2.75) is 45.8 Å². The van der Waals surface area contributed by atoms with Crippen molar-refractivity contribution in [2.75, 3.05) is 0 Å². The lowest BCUT2D eigenvalue weighted by Crippen LogP contribution is -2.48. The summed E-state index contributed by atoms with van der Waals surface area (Å²) < 4.78 is 5.46. The van der Waals surface area contributed by atoms with Crippen molar-refractivity contribution in [3.63, 3.8) is 0 Å². The fourth-order valence-electron chi connectivity index (χ4n) is 1.55. The molecule has 1 amide bonds. The monoisotopic (exact) mass is 313 g/mol. The van der Waals surface area contributed by atoms with E-state index in [4.69, 9.17) is 21.4 Å². The van der Waals surface area contributed by atoms with E-state index in [1.165, 1.54) is 18.2 Å². The number of carboxylic acids is 1. The number of hydrogen-bond donors (Lipinski definition) is 2. The van der Waals surface area contributed by atoms with E-state index in [-0.39, 0.29) is 27.8 Å². The van der Waals surface area contributed by atoms with Crippen LogP contribution >= 0.6 is 11.6 Å². The number of hydrogen-bond acceptors (Lipinski definition) is 3. The summed E-state index contributed by atoms with van der Waals surface area (Å²) in [6.07, 6.45) is -0.0911. The van der Waals surface area contributed by atoms with E-state index in [0.29, 0.717) is 0 Å². The van der Waals surface area contributed by atoms with Crippen molar-refractivity contribution in [3.05, 3.63) is 28.8 Å². The molecule has 116 valence electrons. The molecule has 1 atom stereocenters. The first-order chi connectivity index (χ1) is 9.68. The second-order valence-electron chi connectivity index (χ2n) is 5.41. The Bertz CT molecular complexity index is 542. The number of halogens is 1. The molecule has 5 nitrogen and oxygen atoms in total. The molecule has 0 aliphatic carbocycles. The molecule has 1 rings (SSSR count). The topological polar surface area (TPSA) is 75.6 Å². The van der Waals surface area contributed by atoms with Gasteiger partial charge in [-0.15, -0.1) is 0 Å². The highest BCUT2D eigenvalue weighted by Crippen LogP contribution is 2.29. The second kappa shape index (κ2) is 6.80. The van der Waals surface area contributed by atoms with Crippen molar-refractivity contribution >= 4 is 23.5 Å². The average Bonchev–Trinajstić information content (AvgIpc) is 2.40. The maximum absolute atomic E-state index is 12.1. The Balaban J connectivity index is 2.91. The van der Waals surface area contributed by atoms with Gasteiger partial charge in [0, 0.05) is 5.54 Å². The average molecular weight is 314 g/mol. The quantitative estimate of drug-likeness (QED) is 0.846. The van der Waals surface area contributed by atoms with E-state index in [9.17, 15) is 9.59 Å². The lowest BCUT2D eigenvalue weighted by molar-refractivity contribution is -0.129. The zero-order valence-corrected chi connectivity index (χ0v) is 13.3. The molecule has 6 heteroatoms. The van der Waals surface area contributed by atoms with Crippen LogP contribution in [0.3, 0.4) is 0 Å². The van der Waals surface area contributed by atoms with E-state index in [2.05, 4.69) is 5.32 Å². The lowest BCUT2D eigenvalue weighted by atomic mass is 10.0. The van der Waals surface area contributed by atoms with E-state index >= 15 is 0 Å². The third kappa shape index (κ3) is 4.63. The van der Waals surface area contributed by atoms with E-state index in [1.807, 2.05) is 20.8 Å². The molecule has 1 unspecified atom stereocenters. The molecule has 0 fully saturated rings. The van der Waals surface area contributed by atoms with Crippen LogP contribution in [0.1, 0.15) is 44.5 Å². The number of rotatable bonds is 6. The molecule has 0 heterocycles. The Hall–Kier alpha value is -1.75. The number of aromatic carboxylic acids is 1. The number of benzene rings is 1. The van der Waals surface area contributed by atoms with E-state index in [0.717, 1.165) is 6.42 Å². The Morgan fingerprint density at radius 2 is 2.05 bits per heavy atom. The molecule has 0 aromatic heterocycles. The normalized spacial score (nSPS) is 12.6. The molecule has 0 aliphatic rings. The predicted octanol–water partition coefficient (Wildman–Crippen LogP) is 3.11. The van der Waals surface area contributed by atoms with Crippen LogP contribution in [0.5, 0.6) is 5.75 Å². The maximum atomic E-state index is 12.1. The zero-order chi connectivity index (χ0) is 16.2. The van der Waals surface area contributed by atoms with Crippen molar-refractivity contribution in [3.8, 4) is 5.75 Å². The molecule has 0 aliphatic heterocycles. The molecule has 0 bridgehead atoms. The number of carbonyl (C=O) groups excluding carboxylic acids is 1. The maximum Gasteiger partial charge on any atom is 0.339 e. The molecule has 1 aromatic rings. The summed E-state index contributed by atoms with van der Waals surface area (Å²) in [5.74, 6) is -1.48. The summed E-state index contributed by atoms with van der Waals surface area (Å²) in [5, 5.41) is 12.1. The smallest absolute Gasteiger partial charge is 0.339 e. The first kappa shape index (κ1) is 17.3. The van der Waals surface area contributed by atoms with Gasteiger partial charge in [0.05, 0.1) is 5.02 Å². The van der Waals surface area contributed by atoms with Crippen molar-refractivity contribution in [1.29, 1.82) is 0 Å². The van der Waals surface area contributed by atoms with Crippen LogP contribution in [-0.4, -0.2) is 28.6 Å². The highest BCUT2D eigenvalue weighted by Gasteiger charge is 2.25. The minimum Gasteiger partial charge on any atom is -0.478 e. The number of carbonyl (C=O) groups is 2. The lowest BCUT2D eigenvalue weighted by Gasteiger charge is -2.27. The molecule has 21 heavy (non-hydrogen) atoms. The van der Waals surface area contributed by atoms with Gasteiger partial charge >= 0.3 is 5.97 Å². The Morgan fingerprint density at radius 1 is 1.43 bits per heavy atom. The van der Waals surface area contributed by atoms with Crippen molar-refractivity contribution in [1.82, 2.24) is 5.32 Å². The number of carboxylic acid groups (broad SMARTS) is 1. The number of nitrogens with one attached hydrogen (secondary N) is 1. The van der Waals surface area contributed by atoms with Gasteiger partial charge in [-0.1, -0.05) is 24.6 Å².